The van der Waals surface area contributed by atoms with Crippen molar-refractivity contribution in [3.63, 3.8) is 0 Å². The third-order valence-corrected chi connectivity index (χ3v) is 3.01. The van der Waals surface area contributed by atoms with Crippen LogP contribution in [0.5, 0.6) is 5.75 Å². The van der Waals surface area contributed by atoms with E-state index in [-0.39, 0.29) is 12.1 Å². The predicted molar refractivity (Wildman–Crippen MR) is 69.2 cm³/mol. The van der Waals surface area contributed by atoms with E-state index in [1.807, 2.05) is 24.3 Å². The van der Waals surface area contributed by atoms with E-state index in [9.17, 15) is 4.79 Å². The molecule has 2 amide bonds. The summed E-state index contributed by atoms with van der Waals surface area (Å²) in [6.45, 7) is 1.30. The molecule has 1 aromatic rings. The van der Waals surface area contributed by atoms with Gasteiger partial charge in [-0.15, -0.1) is 0 Å². The largest absolute Gasteiger partial charge is 0.495 e. The number of nitrogens with zero attached hydrogens (tertiary/aromatic N) is 1. The van der Waals surface area contributed by atoms with Gasteiger partial charge in [0.2, 0.25) is 0 Å². The summed E-state index contributed by atoms with van der Waals surface area (Å²) in [5.74, 6) is 0.679. The average Bonchev–Trinajstić information content (AvgIpc) is 2.90. The number of ether oxygens (including phenoxy) is 2. The van der Waals surface area contributed by atoms with Crippen molar-refractivity contribution in [3.05, 3.63) is 24.3 Å². The Hall–Kier alpha value is -1.75. The van der Waals surface area contributed by atoms with Crippen molar-refractivity contribution in [2.75, 3.05) is 32.3 Å². The Morgan fingerprint density at radius 1 is 1.50 bits per heavy atom. The summed E-state index contributed by atoms with van der Waals surface area (Å²) in [5, 5.41) is 2.93. The van der Waals surface area contributed by atoms with Gasteiger partial charge >= 0.3 is 6.03 Å². The maximum absolute atomic E-state index is 12.1. The lowest BCUT2D eigenvalue weighted by molar-refractivity contribution is 0.189. The Morgan fingerprint density at radius 3 is 2.94 bits per heavy atom. The van der Waals surface area contributed by atoms with E-state index < -0.39 is 0 Å². The fourth-order valence-corrected chi connectivity index (χ4v) is 1.94. The van der Waals surface area contributed by atoms with Crippen molar-refractivity contribution in [1.82, 2.24) is 5.32 Å². The first-order chi connectivity index (χ1) is 8.72. The molecular weight excluding hydrogens is 232 g/mol. The smallest absolute Gasteiger partial charge is 0.322 e. The zero-order valence-electron chi connectivity index (χ0n) is 10.7. The number of nitrogens with one attached hydrogen (secondary N) is 1. The standard InChI is InChI=1S/C13H18N2O3/c1-15(11-5-3-4-6-12(11)17-2)13(16)14-10-7-8-18-9-10/h3-6,10H,7-9H2,1-2H3,(H,14,16). The summed E-state index contributed by atoms with van der Waals surface area (Å²) in [6, 6.07) is 7.39. The number of anilines is 1. The zero-order valence-corrected chi connectivity index (χ0v) is 10.7. The summed E-state index contributed by atoms with van der Waals surface area (Å²) < 4.78 is 10.5. The number of amides is 2. The lowest BCUT2D eigenvalue weighted by Gasteiger charge is -2.22. The molecule has 5 heteroatoms. The SMILES string of the molecule is COc1ccccc1N(C)C(=O)NC1CCOC1. The minimum Gasteiger partial charge on any atom is -0.495 e. The molecule has 1 saturated heterocycles. The van der Waals surface area contributed by atoms with Crippen molar-refractivity contribution < 1.29 is 14.3 Å². The van der Waals surface area contributed by atoms with Crippen molar-refractivity contribution in [1.29, 1.82) is 0 Å². The molecule has 18 heavy (non-hydrogen) atoms. The highest BCUT2D eigenvalue weighted by Gasteiger charge is 2.21. The molecule has 0 bridgehead atoms. The van der Waals surface area contributed by atoms with Gasteiger partial charge in [-0.1, -0.05) is 12.1 Å². The Balaban J connectivity index is 2.05. The van der Waals surface area contributed by atoms with Crippen LogP contribution in [-0.4, -0.2) is 39.4 Å². The van der Waals surface area contributed by atoms with Crippen LogP contribution in [0.4, 0.5) is 10.5 Å². The summed E-state index contributed by atoms with van der Waals surface area (Å²) >= 11 is 0. The zero-order chi connectivity index (χ0) is 13.0. The number of urea groups is 1. The normalized spacial score (nSPS) is 18.4. The number of carbonyl (C=O) groups excluding carboxylic acids is 1. The van der Waals surface area contributed by atoms with E-state index in [1.165, 1.54) is 0 Å². The number of hydrogen-bond donors (Lipinski definition) is 1. The number of benzene rings is 1. The van der Waals surface area contributed by atoms with Gasteiger partial charge in [-0.25, -0.2) is 4.79 Å². The molecule has 1 aliphatic heterocycles. The van der Waals surface area contributed by atoms with E-state index >= 15 is 0 Å². The summed E-state index contributed by atoms with van der Waals surface area (Å²) in [6.07, 6.45) is 0.867. The van der Waals surface area contributed by atoms with E-state index in [0.717, 1.165) is 12.1 Å². The van der Waals surface area contributed by atoms with E-state index in [1.54, 1.807) is 19.1 Å². The van der Waals surface area contributed by atoms with Crippen LogP contribution < -0.4 is 15.0 Å². The number of carbonyl (C=O) groups is 1. The van der Waals surface area contributed by atoms with Gasteiger partial charge < -0.3 is 14.8 Å². The van der Waals surface area contributed by atoms with Crippen LogP contribution >= 0.6 is 0 Å². The molecule has 2 rings (SSSR count). The number of hydrogen-bond acceptors (Lipinski definition) is 3. The van der Waals surface area contributed by atoms with Crippen LogP contribution in [0.25, 0.3) is 0 Å². The second-order valence-corrected chi connectivity index (χ2v) is 4.24. The molecule has 1 aromatic carbocycles. The third kappa shape index (κ3) is 2.73. The number of methoxy groups -OCH3 is 1. The van der Waals surface area contributed by atoms with E-state index in [4.69, 9.17) is 9.47 Å². The first-order valence-corrected chi connectivity index (χ1v) is 5.97. The first kappa shape index (κ1) is 12.7. The van der Waals surface area contributed by atoms with Gasteiger partial charge in [0.25, 0.3) is 0 Å². The van der Waals surface area contributed by atoms with Gasteiger partial charge in [0, 0.05) is 13.7 Å². The van der Waals surface area contributed by atoms with Gasteiger partial charge in [0.1, 0.15) is 5.75 Å². The number of para-hydroxylation sites is 2. The maximum Gasteiger partial charge on any atom is 0.322 e. The quantitative estimate of drug-likeness (QED) is 0.887. The predicted octanol–water partition coefficient (Wildman–Crippen LogP) is 1.63. The molecule has 1 atom stereocenters. The molecule has 0 radical (unpaired) electrons. The maximum atomic E-state index is 12.1. The van der Waals surface area contributed by atoms with Gasteiger partial charge in [-0.3, -0.25) is 4.90 Å². The second-order valence-electron chi connectivity index (χ2n) is 4.24. The molecule has 5 nitrogen and oxygen atoms in total. The molecular formula is C13H18N2O3. The topological polar surface area (TPSA) is 50.8 Å². The van der Waals surface area contributed by atoms with E-state index in [0.29, 0.717) is 19.0 Å². The van der Waals surface area contributed by atoms with Gasteiger partial charge in [0.15, 0.2) is 0 Å². The minimum atomic E-state index is -0.144. The van der Waals surface area contributed by atoms with Crippen molar-refractivity contribution in [2.45, 2.75) is 12.5 Å². The summed E-state index contributed by atoms with van der Waals surface area (Å²) in [5.41, 5.74) is 0.747. The highest BCUT2D eigenvalue weighted by Crippen LogP contribution is 2.26. The van der Waals surface area contributed by atoms with E-state index in [2.05, 4.69) is 5.32 Å². The average molecular weight is 250 g/mol. The summed E-state index contributed by atoms with van der Waals surface area (Å²) in [7, 11) is 3.32. The Kier molecular flexibility index (Phi) is 4.04. The van der Waals surface area contributed by atoms with Crippen LogP contribution in [0.3, 0.4) is 0 Å². The Morgan fingerprint density at radius 2 is 2.28 bits per heavy atom. The van der Waals surface area contributed by atoms with Crippen molar-refractivity contribution in [3.8, 4) is 5.75 Å². The lowest BCUT2D eigenvalue weighted by atomic mass is 10.2. The van der Waals surface area contributed by atoms with Gasteiger partial charge in [-0.05, 0) is 18.6 Å². The molecule has 0 aliphatic carbocycles. The highest BCUT2D eigenvalue weighted by atomic mass is 16.5. The molecule has 1 heterocycles. The molecule has 1 N–H and O–H groups in total. The third-order valence-electron chi connectivity index (χ3n) is 3.01. The molecule has 1 aliphatic rings. The molecule has 1 fully saturated rings. The molecule has 0 spiro atoms. The van der Waals surface area contributed by atoms with Crippen LogP contribution in [0, 0.1) is 0 Å². The second kappa shape index (κ2) is 5.73. The Bertz CT molecular complexity index is 416. The van der Waals surface area contributed by atoms with Gasteiger partial charge in [-0.2, -0.15) is 0 Å². The van der Waals surface area contributed by atoms with Crippen molar-refractivity contribution >= 4 is 11.7 Å². The fraction of sp³-hybridized carbons (Fsp3) is 0.462. The van der Waals surface area contributed by atoms with Crippen LogP contribution in [-0.2, 0) is 4.74 Å². The minimum absolute atomic E-state index is 0.106. The Labute approximate surface area is 107 Å². The lowest BCUT2D eigenvalue weighted by Crippen LogP contribution is -2.43. The van der Waals surface area contributed by atoms with Gasteiger partial charge in [0.05, 0.1) is 25.4 Å². The van der Waals surface area contributed by atoms with Crippen LogP contribution in [0.2, 0.25) is 0 Å². The monoisotopic (exact) mass is 250 g/mol. The molecule has 0 saturated carbocycles. The highest BCUT2D eigenvalue weighted by molar-refractivity contribution is 5.93. The number of rotatable bonds is 3. The molecule has 98 valence electrons. The van der Waals surface area contributed by atoms with Crippen LogP contribution in [0.15, 0.2) is 24.3 Å². The fourth-order valence-electron chi connectivity index (χ4n) is 1.94. The van der Waals surface area contributed by atoms with Crippen molar-refractivity contribution in [2.24, 2.45) is 0 Å². The first-order valence-electron chi connectivity index (χ1n) is 5.97. The molecule has 1 unspecified atom stereocenters. The van der Waals surface area contributed by atoms with Crippen LogP contribution in [0.1, 0.15) is 6.42 Å². The molecule has 0 aromatic heterocycles. The summed E-state index contributed by atoms with van der Waals surface area (Å²) in [4.78, 5) is 13.6.